The first-order valence-electron chi connectivity index (χ1n) is 7.87. The molecule has 1 aromatic heterocycles. The summed E-state index contributed by atoms with van der Waals surface area (Å²) in [6, 6.07) is 9.39. The highest BCUT2D eigenvalue weighted by atomic mass is 32.1. The number of nitrogens with one attached hydrogen (secondary N) is 2. The Morgan fingerprint density at radius 2 is 2.12 bits per heavy atom. The average Bonchev–Trinajstić information content (AvgIpc) is 3.13. The van der Waals surface area contributed by atoms with Gasteiger partial charge >= 0.3 is 6.03 Å². The maximum atomic E-state index is 12.3. The summed E-state index contributed by atoms with van der Waals surface area (Å²) in [6.45, 7) is 4.39. The first kappa shape index (κ1) is 16.4. The zero-order valence-corrected chi connectivity index (χ0v) is 14.5. The summed E-state index contributed by atoms with van der Waals surface area (Å²) < 4.78 is 0. The lowest BCUT2D eigenvalue weighted by Crippen LogP contribution is -2.40. The number of aryl methyl sites for hydroxylation is 1. The van der Waals surface area contributed by atoms with Crippen LogP contribution < -0.4 is 10.6 Å². The summed E-state index contributed by atoms with van der Waals surface area (Å²) in [4.78, 5) is 30.3. The molecule has 6 nitrogen and oxygen atoms in total. The monoisotopic (exact) mass is 344 g/mol. The number of carbonyl (C=O) groups is 2. The minimum absolute atomic E-state index is 0.00447. The molecule has 7 heteroatoms. The van der Waals surface area contributed by atoms with Crippen LogP contribution in [0, 0.1) is 6.92 Å². The molecule has 3 amide bonds. The quantitative estimate of drug-likeness (QED) is 0.895. The van der Waals surface area contributed by atoms with Gasteiger partial charge in [0.1, 0.15) is 0 Å². The van der Waals surface area contributed by atoms with Crippen LogP contribution in [0.4, 0.5) is 9.93 Å². The normalized spacial score (nSPS) is 18.5. The third-order valence-corrected chi connectivity index (χ3v) is 4.96. The van der Waals surface area contributed by atoms with Crippen molar-refractivity contribution >= 4 is 28.4 Å². The molecule has 0 aliphatic carbocycles. The SMILES string of the molecule is Cc1csc(NC(=O)NC2CC(=O)N(C(C)c3ccccc3)C2)n1. The van der Waals surface area contributed by atoms with Gasteiger partial charge in [-0.15, -0.1) is 11.3 Å². The van der Waals surface area contributed by atoms with E-state index in [9.17, 15) is 9.59 Å². The third kappa shape index (κ3) is 3.73. The van der Waals surface area contributed by atoms with Gasteiger partial charge in [-0.05, 0) is 19.4 Å². The number of rotatable bonds is 4. The van der Waals surface area contributed by atoms with E-state index in [0.717, 1.165) is 11.3 Å². The van der Waals surface area contributed by atoms with E-state index in [0.29, 0.717) is 18.1 Å². The molecule has 1 aliphatic heterocycles. The zero-order chi connectivity index (χ0) is 17.1. The van der Waals surface area contributed by atoms with E-state index in [1.807, 2.05) is 54.5 Å². The second-order valence-corrected chi connectivity index (χ2v) is 6.78. The molecule has 2 N–H and O–H groups in total. The van der Waals surface area contributed by atoms with Gasteiger partial charge in [-0.1, -0.05) is 30.3 Å². The van der Waals surface area contributed by atoms with Gasteiger partial charge < -0.3 is 10.2 Å². The van der Waals surface area contributed by atoms with Gasteiger partial charge in [0, 0.05) is 18.3 Å². The third-order valence-electron chi connectivity index (χ3n) is 4.08. The summed E-state index contributed by atoms with van der Waals surface area (Å²) in [5.41, 5.74) is 1.96. The second-order valence-electron chi connectivity index (χ2n) is 5.93. The minimum atomic E-state index is -0.323. The lowest BCUT2D eigenvalue weighted by molar-refractivity contribution is -0.129. The van der Waals surface area contributed by atoms with Crippen LogP contribution in [0.5, 0.6) is 0 Å². The molecule has 3 rings (SSSR count). The van der Waals surface area contributed by atoms with E-state index in [2.05, 4.69) is 15.6 Å². The molecular weight excluding hydrogens is 324 g/mol. The molecule has 0 radical (unpaired) electrons. The average molecular weight is 344 g/mol. The van der Waals surface area contributed by atoms with Crippen LogP contribution in [0.3, 0.4) is 0 Å². The Morgan fingerprint density at radius 1 is 1.38 bits per heavy atom. The molecule has 0 saturated carbocycles. The number of likely N-dealkylation sites (tertiary alicyclic amines) is 1. The number of amides is 3. The van der Waals surface area contributed by atoms with Crippen molar-refractivity contribution in [2.45, 2.75) is 32.4 Å². The standard InChI is InChI=1S/C17H20N4O2S/c1-11-10-24-17(18-11)20-16(23)19-14-8-15(22)21(9-14)12(2)13-6-4-3-5-7-13/h3-7,10,12,14H,8-9H2,1-2H3,(H2,18,19,20,23). The maximum Gasteiger partial charge on any atom is 0.321 e. The number of urea groups is 1. The second kappa shape index (κ2) is 7.00. The number of thiazole rings is 1. The topological polar surface area (TPSA) is 74.3 Å². The highest BCUT2D eigenvalue weighted by molar-refractivity contribution is 7.13. The van der Waals surface area contributed by atoms with Crippen LogP contribution in [-0.4, -0.2) is 34.4 Å². The van der Waals surface area contributed by atoms with Crippen LogP contribution in [0.1, 0.15) is 30.6 Å². The lowest BCUT2D eigenvalue weighted by Gasteiger charge is -2.25. The Morgan fingerprint density at radius 3 is 2.79 bits per heavy atom. The van der Waals surface area contributed by atoms with Gasteiger partial charge in [0.2, 0.25) is 5.91 Å². The van der Waals surface area contributed by atoms with Crippen molar-refractivity contribution in [2.75, 3.05) is 11.9 Å². The maximum absolute atomic E-state index is 12.3. The number of carbonyl (C=O) groups excluding carboxylic acids is 2. The minimum Gasteiger partial charge on any atom is -0.334 e. The van der Waals surface area contributed by atoms with E-state index < -0.39 is 0 Å². The highest BCUT2D eigenvalue weighted by Crippen LogP contribution is 2.25. The molecular formula is C17H20N4O2S. The fourth-order valence-corrected chi connectivity index (χ4v) is 3.53. The largest absolute Gasteiger partial charge is 0.334 e. The molecule has 1 fully saturated rings. The van der Waals surface area contributed by atoms with Gasteiger partial charge in [0.15, 0.2) is 5.13 Å². The van der Waals surface area contributed by atoms with E-state index in [1.54, 1.807) is 0 Å². The number of anilines is 1. The fourth-order valence-electron chi connectivity index (χ4n) is 2.84. The van der Waals surface area contributed by atoms with Crippen molar-refractivity contribution < 1.29 is 9.59 Å². The van der Waals surface area contributed by atoms with E-state index >= 15 is 0 Å². The predicted molar refractivity (Wildman–Crippen MR) is 94.0 cm³/mol. The van der Waals surface area contributed by atoms with Gasteiger partial charge in [-0.3, -0.25) is 10.1 Å². The Labute approximate surface area is 144 Å². The van der Waals surface area contributed by atoms with Crippen molar-refractivity contribution in [1.29, 1.82) is 0 Å². The van der Waals surface area contributed by atoms with E-state index in [-0.39, 0.29) is 24.0 Å². The summed E-state index contributed by atoms with van der Waals surface area (Å²) in [6.07, 6.45) is 0.321. The van der Waals surface area contributed by atoms with Gasteiger partial charge in [0.25, 0.3) is 0 Å². The Hall–Kier alpha value is -2.41. The van der Waals surface area contributed by atoms with Crippen molar-refractivity contribution in [3.8, 4) is 0 Å². The smallest absolute Gasteiger partial charge is 0.321 e. The lowest BCUT2D eigenvalue weighted by atomic mass is 10.1. The molecule has 2 aromatic rings. The first-order chi connectivity index (χ1) is 11.5. The van der Waals surface area contributed by atoms with Crippen LogP contribution >= 0.6 is 11.3 Å². The number of aromatic nitrogens is 1. The van der Waals surface area contributed by atoms with Crippen molar-refractivity contribution in [3.05, 3.63) is 47.0 Å². The first-order valence-corrected chi connectivity index (χ1v) is 8.75. The molecule has 1 aliphatic rings. The molecule has 0 spiro atoms. The summed E-state index contributed by atoms with van der Waals surface area (Å²) in [7, 11) is 0. The van der Waals surface area contributed by atoms with Crippen LogP contribution in [-0.2, 0) is 4.79 Å². The molecule has 1 aromatic carbocycles. The summed E-state index contributed by atoms with van der Waals surface area (Å²) >= 11 is 1.38. The van der Waals surface area contributed by atoms with Gasteiger partial charge in [0.05, 0.1) is 17.8 Å². The fraction of sp³-hybridized carbons (Fsp3) is 0.353. The van der Waals surface area contributed by atoms with Crippen molar-refractivity contribution in [2.24, 2.45) is 0 Å². The number of benzene rings is 1. The molecule has 24 heavy (non-hydrogen) atoms. The zero-order valence-electron chi connectivity index (χ0n) is 13.7. The number of hydrogen-bond donors (Lipinski definition) is 2. The van der Waals surface area contributed by atoms with Crippen molar-refractivity contribution in [1.82, 2.24) is 15.2 Å². The highest BCUT2D eigenvalue weighted by Gasteiger charge is 2.34. The van der Waals surface area contributed by atoms with Crippen LogP contribution in [0.15, 0.2) is 35.7 Å². The summed E-state index contributed by atoms with van der Waals surface area (Å²) in [5.74, 6) is 0.0572. The number of nitrogens with zero attached hydrogens (tertiary/aromatic N) is 2. The molecule has 126 valence electrons. The summed E-state index contributed by atoms with van der Waals surface area (Å²) in [5, 5.41) is 8.00. The van der Waals surface area contributed by atoms with Crippen LogP contribution in [0.25, 0.3) is 0 Å². The Kier molecular flexibility index (Phi) is 4.80. The predicted octanol–water partition coefficient (Wildman–Crippen LogP) is 2.94. The van der Waals surface area contributed by atoms with Gasteiger partial charge in [-0.2, -0.15) is 0 Å². The van der Waals surface area contributed by atoms with E-state index in [4.69, 9.17) is 0 Å². The molecule has 2 unspecified atom stereocenters. The molecule has 1 saturated heterocycles. The molecule has 2 heterocycles. The van der Waals surface area contributed by atoms with Gasteiger partial charge in [-0.25, -0.2) is 9.78 Å². The Bertz CT molecular complexity index is 731. The molecule has 2 atom stereocenters. The van der Waals surface area contributed by atoms with Crippen LogP contribution in [0.2, 0.25) is 0 Å². The number of hydrogen-bond acceptors (Lipinski definition) is 4. The molecule has 0 bridgehead atoms. The van der Waals surface area contributed by atoms with Crippen molar-refractivity contribution in [3.63, 3.8) is 0 Å². The Balaban J connectivity index is 1.57. The van der Waals surface area contributed by atoms with E-state index in [1.165, 1.54) is 11.3 Å².